The fourth-order valence-electron chi connectivity index (χ4n) is 1.82. The average Bonchev–Trinajstić information content (AvgIpc) is 2.46. The summed E-state index contributed by atoms with van der Waals surface area (Å²) in [6, 6.07) is 3.27. The molecule has 1 amide bonds. The second kappa shape index (κ2) is 7.59. The van der Waals surface area contributed by atoms with E-state index in [-0.39, 0.29) is 5.91 Å². The second-order valence-electron chi connectivity index (χ2n) is 4.36. The highest BCUT2D eigenvalue weighted by Crippen LogP contribution is 2.31. The molecule has 0 unspecified atom stereocenters. The monoisotopic (exact) mass is 282 g/mol. The molecule has 1 rings (SSSR count). The fraction of sp³-hybridized carbons (Fsp3) is 0.500. The molecule has 0 saturated carbocycles. The Balaban J connectivity index is 2.96. The van der Waals surface area contributed by atoms with Crippen LogP contribution in [0.5, 0.6) is 11.5 Å². The van der Waals surface area contributed by atoms with E-state index in [1.54, 1.807) is 31.2 Å². The van der Waals surface area contributed by atoms with Crippen molar-refractivity contribution in [2.75, 3.05) is 47.3 Å². The van der Waals surface area contributed by atoms with Gasteiger partial charge in [-0.25, -0.2) is 0 Å². The van der Waals surface area contributed by atoms with E-state index < -0.39 is 0 Å². The van der Waals surface area contributed by atoms with Gasteiger partial charge in [0, 0.05) is 33.4 Å². The van der Waals surface area contributed by atoms with Gasteiger partial charge in [-0.1, -0.05) is 0 Å². The molecule has 0 aliphatic heterocycles. The Bertz CT molecular complexity index is 463. The summed E-state index contributed by atoms with van der Waals surface area (Å²) in [4.78, 5) is 14.0. The van der Waals surface area contributed by atoms with Crippen LogP contribution < -0.4 is 15.2 Å². The largest absolute Gasteiger partial charge is 0.497 e. The number of carbonyl (C=O) groups excluding carboxylic acids is 1. The van der Waals surface area contributed by atoms with Crippen LogP contribution >= 0.6 is 0 Å². The highest BCUT2D eigenvalue weighted by atomic mass is 16.5. The van der Waals surface area contributed by atoms with Crippen LogP contribution in [0.25, 0.3) is 0 Å². The number of carbonyl (C=O) groups is 1. The Morgan fingerprint density at radius 3 is 2.50 bits per heavy atom. The van der Waals surface area contributed by atoms with Gasteiger partial charge in [-0.05, 0) is 12.5 Å². The van der Waals surface area contributed by atoms with Gasteiger partial charge in [0.15, 0.2) is 0 Å². The van der Waals surface area contributed by atoms with Crippen molar-refractivity contribution in [1.82, 2.24) is 4.90 Å². The predicted molar refractivity (Wildman–Crippen MR) is 77.4 cm³/mol. The lowest BCUT2D eigenvalue weighted by Gasteiger charge is -2.19. The van der Waals surface area contributed by atoms with Crippen molar-refractivity contribution in [2.45, 2.75) is 6.42 Å². The summed E-state index contributed by atoms with van der Waals surface area (Å²) in [5.41, 5.74) is 6.65. The first-order chi connectivity index (χ1) is 9.54. The maximum Gasteiger partial charge on any atom is 0.255 e. The Hall–Kier alpha value is -1.95. The molecule has 6 heteroatoms. The van der Waals surface area contributed by atoms with Crippen molar-refractivity contribution >= 4 is 11.6 Å². The van der Waals surface area contributed by atoms with Crippen molar-refractivity contribution in [3.05, 3.63) is 17.7 Å². The van der Waals surface area contributed by atoms with Crippen LogP contribution in [-0.4, -0.2) is 52.3 Å². The lowest BCUT2D eigenvalue weighted by Crippen LogP contribution is -2.29. The van der Waals surface area contributed by atoms with Gasteiger partial charge >= 0.3 is 0 Å². The summed E-state index contributed by atoms with van der Waals surface area (Å²) >= 11 is 0. The summed E-state index contributed by atoms with van der Waals surface area (Å²) < 4.78 is 15.3. The summed E-state index contributed by atoms with van der Waals surface area (Å²) in [5.74, 6) is 0.790. The summed E-state index contributed by atoms with van der Waals surface area (Å²) in [7, 11) is 6.39. The lowest BCUT2D eigenvalue weighted by molar-refractivity contribution is 0.0779. The molecule has 0 heterocycles. The van der Waals surface area contributed by atoms with Crippen LogP contribution in [0.2, 0.25) is 0 Å². The lowest BCUT2D eigenvalue weighted by atomic mass is 10.1. The van der Waals surface area contributed by atoms with Gasteiger partial charge in [-0.3, -0.25) is 4.79 Å². The molecule has 0 fully saturated rings. The molecule has 1 aromatic carbocycles. The number of benzene rings is 1. The first kappa shape index (κ1) is 16.1. The smallest absolute Gasteiger partial charge is 0.255 e. The number of methoxy groups -OCH3 is 3. The number of hydrogen-bond acceptors (Lipinski definition) is 5. The van der Waals surface area contributed by atoms with Crippen molar-refractivity contribution in [3.8, 4) is 11.5 Å². The second-order valence-corrected chi connectivity index (χ2v) is 4.36. The Morgan fingerprint density at radius 2 is 1.95 bits per heavy atom. The van der Waals surface area contributed by atoms with Crippen LogP contribution in [0.15, 0.2) is 12.1 Å². The molecule has 0 aliphatic rings. The van der Waals surface area contributed by atoms with E-state index in [0.717, 1.165) is 6.42 Å². The van der Waals surface area contributed by atoms with Crippen LogP contribution in [0, 0.1) is 0 Å². The van der Waals surface area contributed by atoms with Crippen molar-refractivity contribution in [3.63, 3.8) is 0 Å². The number of anilines is 1. The molecule has 6 nitrogen and oxygen atoms in total. The van der Waals surface area contributed by atoms with E-state index >= 15 is 0 Å². The molecular weight excluding hydrogens is 260 g/mol. The minimum Gasteiger partial charge on any atom is -0.497 e. The summed E-state index contributed by atoms with van der Waals surface area (Å²) in [6.07, 6.45) is 0.764. The first-order valence-corrected chi connectivity index (χ1v) is 6.31. The molecule has 0 saturated heterocycles. The van der Waals surface area contributed by atoms with E-state index in [0.29, 0.717) is 35.9 Å². The highest BCUT2D eigenvalue weighted by Gasteiger charge is 2.19. The van der Waals surface area contributed by atoms with E-state index in [1.807, 2.05) is 0 Å². The third kappa shape index (κ3) is 3.77. The first-order valence-electron chi connectivity index (χ1n) is 6.31. The number of ether oxygens (including phenoxy) is 3. The summed E-state index contributed by atoms with van der Waals surface area (Å²) in [6.45, 7) is 1.19. The summed E-state index contributed by atoms with van der Waals surface area (Å²) in [5, 5.41) is 0. The van der Waals surface area contributed by atoms with E-state index in [1.165, 1.54) is 14.2 Å². The van der Waals surface area contributed by atoms with Gasteiger partial charge in [-0.2, -0.15) is 0 Å². The van der Waals surface area contributed by atoms with Crippen molar-refractivity contribution in [1.29, 1.82) is 0 Å². The molecule has 0 radical (unpaired) electrons. The zero-order valence-electron chi connectivity index (χ0n) is 12.4. The number of rotatable bonds is 7. The van der Waals surface area contributed by atoms with Gasteiger partial charge in [0.05, 0.1) is 25.5 Å². The predicted octanol–water partition coefficient (Wildman–Crippen LogP) is 1.39. The molecule has 0 aliphatic carbocycles. The van der Waals surface area contributed by atoms with Gasteiger partial charge in [0.2, 0.25) is 0 Å². The molecule has 20 heavy (non-hydrogen) atoms. The quantitative estimate of drug-likeness (QED) is 0.604. The van der Waals surface area contributed by atoms with Gasteiger partial charge in [0.1, 0.15) is 11.5 Å². The zero-order valence-corrected chi connectivity index (χ0v) is 12.4. The van der Waals surface area contributed by atoms with Crippen LogP contribution in [0.4, 0.5) is 5.69 Å². The molecule has 0 atom stereocenters. The zero-order chi connectivity index (χ0) is 15.1. The van der Waals surface area contributed by atoms with Crippen LogP contribution in [0.1, 0.15) is 16.8 Å². The average molecular weight is 282 g/mol. The minimum absolute atomic E-state index is 0.171. The maximum atomic E-state index is 12.4. The number of nitrogen functional groups attached to an aromatic ring is 1. The fourth-order valence-corrected chi connectivity index (χ4v) is 1.82. The van der Waals surface area contributed by atoms with Crippen molar-refractivity contribution < 1.29 is 19.0 Å². The van der Waals surface area contributed by atoms with Crippen LogP contribution in [-0.2, 0) is 4.74 Å². The third-order valence-electron chi connectivity index (χ3n) is 2.99. The Labute approximate surface area is 119 Å². The minimum atomic E-state index is -0.171. The topological polar surface area (TPSA) is 74.0 Å². The SMILES string of the molecule is COCCCN(C)C(=O)c1cc(OC)cc(OC)c1N. The molecule has 0 bridgehead atoms. The maximum absolute atomic E-state index is 12.4. The molecule has 0 aromatic heterocycles. The molecule has 112 valence electrons. The highest BCUT2D eigenvalue weighted by molar-refractivity contribution is 6.00. The number of nitrogens with two attached hydrogens (primary N) is 1. The Kier molecular flexibility index (Phi) is 6.11. The van der Waals surface area contributed by atoms with E-state index in [2.05, 4.69) is 0 Å². The molecular formula is C14H22N2O4. The number of hydrogen-bond donors (Lipinski definition) is 1. The van der Waals surface area contributed by atoms with E-state index in [4.69, 9.17) is 19.9 Å². The normalized spacial score (nSPS) is 10.2. The van der Waals surface area contributed by atoms with Crippen molar-refractivity contribution in [2.24, 2.45) is 0 Å². The Morgan fingerprint density at radius 1 is 1.25 bits per heavy atom. The van der Waals surface area contributed by atoms with E-state index in [9.17, 15) is 4.79 Å². The molecule has 2 N–H and O–H groups in total. The third-order valence-corrected chi connectivity index (χ3v) is 2.99. The number of nitrogens with zero attached hydrogens (tertiary/aromatic N) is 1. The van der Waals surface area contributed by atoms with Gasteiger partial charge in [-0.15, -0.1) is 0 Å². The van der Waals surface area contributed by atoms with Gasteiger partial charge < -0.3 is 24.8 Å². The van der Waals surface area contributed by atoms with Gasteiger partial charge in [0.25, 0.3) is 5.91 Å². The van der Waals surface area contributed by atoms with Crippen LogP contribution in [0.3, 0.4) is 0 Å². The molecule has 0 spiro atoms. The molecule has 1 aromatic rings. The standard InChI is InChI=1S/C14H22N2O4/c1-16(6-5-7-18-2)14(17)11-8-10(19-3)9-12(20-4)13(11)15/h8-9H,5-7,15H2,1-4H3. The number of amides is 1.